The highest BCUT2D eigenvalue weighted by molar-refractivity contribution is 5.85. The fourth-order valence-corrected chi connectivity index (χ4v) is 3.12. The molecule has 0 bridgehead atoms. The molecule has 0 aliphatic heterocycles. The summed E-state index contributed by atoms with van der Waals surface area (Å²) in [6, 6.07) is 19.5. The quantitative estimate of drug-likeness (QED) is 0.398. The van der Waals surface area contributed by atoms with Crippen molar-refractivity contribution < 1.29 is 14.1 Å². The van der Waals surface area contributed by atoms with Gasteiger partial charge in [0.1, 0.15) is 11.5 Å². The van der Waals surface area contributed by atoms with Gasteiger partial charge in [0.05, 0.1) is 11.1 Å². The topological polar surface area (TPSA) is 97.7 Å². The Morgan fingerprint density at radius 3 is 2.57 bits per heavy atom. The van der Waals surface area contributed by atoms with Crippen LogP contribution in [0.5, 0.6) is 0 Å². The van der Waals surface area contributed by atoms with Crippen molar-refractivity contribution in [3.05, 3.63) is 88.2 Å². The van der Waals surface area contributed by atoms with Crippen LogP contribution in [0.2, 0.25) is 0 Å². The lowest BCUT2D eigenvalue weighted by Crippen LogP contribution is -2.20. The fraction of sp³-hybridized carbons (Fsp3) is 0.143. The number of nitrogens with one attached hydrogen (secondary N) is 1. The van der Waals surface area contributed by atoms with Crippen molar-refractivity contribution in [1.82, 2.24) is 5.43 Å². The molecule has 2 atom stereocenters. The Kier molecular flexibility index (Phi) is 4.72. The number of carbonyl (C=O) groups excluding carboxylic acids is 1. The first kappa shape index (κ1) is 17.7. The molecule has 7 nitrogen and oxygen atoms in total. The Morgan fingerprint density at radius 2 is 1.86 bits per heavy atom. The Balaban J connectivity index is 1.33. The summed E-state index contributed by atoms with van der Waals surface area (Å²) in [6.07, 6.45) is 2.27. The van der Waals surface area contributed by atoms with Crippen LogP contribution in [0.3, 0.4) is 0 Å². The molecule has 4 rings (SSSR count). The third-order valence-electron chi connectivity index (χ3n) is 4.71. The molecule has 1 N–H and O–H groups in total. The van der Waals surface area contributed by atoms with E-state index in [1.165, 1.54) is 23.9 Å². The van der Waals surface area contributed by atoms with E-state index >= 15 is 0 Å². The van der Waals surface area contributed by atoms with Crippen LogP contribution in [0.15, 0.2) is 76.2 Å². The lowest BCUT2D eigenvalue weighted by molar-refractivity contribution is -0.384. The Bertz CT molecular complexity index is 1030. The van der Waals surface area contributed by atoms with E-state index in [0.29, 0.717) is 11.5 Å². The third-order valence-corrected chi connectivity index (χ3v) is 4.71. The number of rotatable bonds is 6. The Labute approximate surface area is 160 Å². The average molecular weight is 375 g/mol. The number of hydrogen-bond donors (Lipinski definition) is 1. The molecule has 0 saturated heterocycles. The van der Waals surface area contributed by atoms with Crippen molar-refractivity contribution in [3.8, 4) is 11.3 Å². The molecular formula is C21H17N3O4. The minimum Gasteiger partial charge on any atom is -0.455 e. The molecule has 1 fully saturated rings. The Morgan fingerprint density at radius 1 is 1.11 bits per heavy atom. The summed E-state index contributed by atoms with van der Waals surface area (Å²) in [5, 5.41) is 14.7. The monoisotopic (exact) mass is 375 g/mol. The summed E-state index contributed by atoms with van der Waals surface area (Å²) >= 11 is 0. The zero-order chi connectivity index (χ0) is 19.5. The van der Waals surface area contributed by atoms with E-state index in [0.717, 1.165) is 12.0 Å². The normalized spacial score (nSPS) is 18.1. The van der Waals surface area contributed by atoms with Crippen molar-refractivity contribution in [2.75, 3.05) is 0 Å². The van der Waals surface area contributed by atoms with Crippen molar-refractivity contribution in [3.63, 3.8) is 0 Å². The lowest BCUT2D eigenvalue weighted by atomic mass is 10.1. The summed E-state index contributed by atoms with van der Waals surface area (Å²) in [5.74, 6) is 1.14. The van der Waals surface area contributed by atoms with Crippen LogP contribution in [-0.2, 0) is 4.79 Å². The maximum atomic E-state index is 12.2. The summed E-state index contributed by atoms with van der Waals surface area (Å²) in [6.45, 7) is 0. The third kappa shape index (κ3) is 3.83. The average Bonchev–Trinajstić information content (AvgIpc) is 3.39. The minimum atomic E-state index is -0.450. The van der Waals surface area contributed by atoms with Crippen molar-refractivity contribution in [2.24, 2.45) is 11.0 Å². The molecule has 140 valence electrons. The summed E-state index contributed by atoms with van der Waals surface area (Å²) in [4.78, 5) is 22.4. The number of nitro benzene ring substituents is 1. The number of nitro groups is 1. The molecule has 1 amide bonds. The number of furan rings is 1. The standard InChI is InChI=1S/C21H17N3O4/c25-21(19-12-18(19)14-4-2-1-3-5-14)23-22-13-17-10-11-20(28-17)15-6-8-16(9-7-15)24(26)27/h1-11,13,18-19H,12H2,(H,23,25)/b22-13+/t18-,19+/m0/s1. The van der Waals surface area contributed by atoms with Crippen LogP contribution < -0.4 is 5.43 Å². The molecule has 1 aromatic heterocycles. The van der Waals surface area contributed by atoms with Crippen LogP contribution in [0.4, 0.5) is 5.69 Å². The highest BCUT2D eigenvalue weighted by Crippen LogP contribution is 2.47. The van der Waals surface area contributed by atoms with Crippen molar-refractivity contribution in [2.45, 2.75) is 12.3 Å². The Hall–Kier alpha value is -3.74. The summed E-state index contributed by atoms with van der Waals surface area (Å²) in [7, 11) is 0. The predicted octanol–water partition coefficient (Wildman–Crippen LogP) is 4.11. The molecule has 28 heavy (non-hydrogen) atoms. The molecule has 1 aliphatic rings. The second-order valence-corrected chi connectivity index (χ2v) is 6.60. The smallest absolute Gasteiger partial charge is 0.269 e. The van der Waals surface area contributed by atoms with Gasteiger partial charge in [-0.15, -0.1) is 0 Å². The van der Waals surface area contributed by atoms with Crippen LogP contribution in [0, 0.1) is 16.0 Å². The molecule has 0 spiro atoms. The van der Waals surface area contributed by atoms with Crippen molar-refractivity contribution in [1.29, 1.82) is 0 Å². The largest absolute Gasteiger partial charge is 0.455 e. The fourth-order valence-electron chi connectivity index (χ4n) is 3.12. The molecular weight excluding hydrogens is 358 g/mol. The van der Waals surface area contributed by atoms with Crippen molar-refractivity contribution >= 4 is 17.8 Å². The van der Waals surface area contributed by atoms with Gasteiger partial charge in [0.2, 0.25) is 5.91 Å². The highest BCUT2D eigenvalue weighted by Gasteiger charge is 2.43. The first-order chi connectivity index (χ1) is 13.6. The van der Waals surface area contributed by atoms with Gasteiger partial charge < -0.3 is 4.42 Å². The number of benzene rings is 2. The van der Waals surface area contributed by atoms with Crippen LogP contribution >= 0.6 is 0 Å². The highest BCUT2D eigenvalue weighted by atomic mass is 16.6. The van der Waals surface area contributed by atoms with E-state index in [2.05, 4.69) is 10.5 Å². The molecule has 2 aromatic carbocycles. The van der Waals surface area contributed by atoms with Gasteiger partial charge in [0.25, 0.3) is 5.69 Å². The van der Waals surface area contributed by atoms with Gasteiger partial charge in [-0.2, -0.15) is 5.10 Å². The maximum absolute atomic E-state index is 12.2. The summed E-state index contributed by atoms with van der Waals surface area (Å²) < 4.78 is 5.65. The molecule has 7 heteroatoms. The van der Waals surface area contributed by atoms with E-state index in [9.17, 15) is 14.9 Å². The lowest BCUT2D eigenvalue weighted by Gasteiger charge is -1.99. The van der Waals surface area contributed by atoms with Gasteiger partial charge >= 0.3 is 0 Å². The molecule has 3 aromatic rings. The number of nitrogens with zero attached hydrogens (tertiary/aromatic N) is 2. The van der Waals surface area contributed by atoms with Gasteiger partial charge in [-0.05, 0) is 42.2 Å². The second-order valence-electron chi connectivity index (χ2n) is 6.60. The molecule has 1 saturated carbocycles. The van der Waals surface area contributed by atoms with E-state index < -0.39 is 4.92 Å². The predicted molar refractivity (Wildman–Crippen MR) is 104 cm³/mol. The minimum absolute atomic E-state index is 0.0219. The number of non-ortho nitro benzene ring substituents is 1. The van der Waals surface area contributed by atoms with E-state index in [-0.39, 0.29) is 23.4 Å². The van der Waals surface area contributed by atoms with Gasteiger partial charge in [-0.1, -0.05) is 30.3 Å². The van der Waals surface area contributed by atoms with Gasteiger partial charge in [-0.3, -0.25) is 14.9 Å². The molecule has 1 aliphatic carbocycles. The van der Waals surface area contributed by atoms with E-state index in [4.69, 9.17) is 4.42 Å². The zero-order valence-electron chi connectivity index (χ0n) is 14.8. The SMILES string of the molecule is O=C(N/N=C/c1ccc(-c2ccc([N+](=O)[O-])cc2)o1)[C@@H]1C[C@H]1c1ccccc1. The molecule has 0 radical (unpaired) electrons. The van der Waals surface area contributed by atoms with Gasteiger partial charge in [0.15, 0.2) is 0 Å². The molecule has 1 heterocycles. The number of hydrazone groups is 1. The van der Waals surface area contributed by atoms with E-state index in [1.807, 2.05) is 30.3 Å². The number of hydrogen-bond acceptors (Lipinski definition) is 5. The maximum Gasteiger partial charge on any atom is 0.269 e. The second kappa shape index (κ2) is 7.48. The first-order valence-corrected chi connectivity index (χ1v) is 8.84. The summed E-state index contributed by atoms with van der Waals surface area (Å²) in [5.41, 5.74) is 4.47. The van der Waals surface area contributed by atoms with Gasteiger partial charge in [0, 0.05) is 23.6 Å². The van der Waals surface area contributed by atoms with Crippen LogP contribution in [0.25, 0.3) is 11.3 Å². The number of carbonyl (C=O) groups is 1. The van der Waals surface area contributed by atoms with Crippen LogP contribution in [-0.4, -0.2) is 17.0 Å². The molecule has 0 unspecified atom stereocenters. The van der Waals surface area contributed by atoms with E-state index in [1.54, 1.807) is 24.3 Å². The van der Waals surface area contributed by atoms with Gasteiger partial charge in [-0.25, -0.2) is 5.43 Å². The zero-order valence-corrected chi connectivity index (χ0v) is 14.8. The van der Waals surface area contributed by atoms with Crippen LogP contribution in [0.1, 0.15) is 23.7 Å². The first-order valence-electron chi connectivity index (χ1n) is 8.84. The number of amides is 1.